The lowest BCUT2D eigenvalue weighted by Crippen LogP contribution is -1.82. The Bertz CT molecular complexity index is 73.5. The van der Waals surface area contributed by atoms with Gasteiger partial charge in [0.05, 0.1) is 4.48 Å². The molecule has 1 nitrogen and oxygen atoms in total. The standard InChI is InChI=1S/C4H5BrO/c1-3(5)4(2)6/h1H2,2H3. The summed E-state index contributed by atoms with van der Waals surface area (Å²) in [6, 6.07) is 0. The van der Waals surface area contributed by atoms with Crippen LogP contribution in [0.1, 0.15) is 6.92 Å². The molecule has 34 valence electrons. The smallest absolute Gasteiger partial charge is 0.166 e. The van der Waals surface area contributed by atoms with E-state index in [1.807, 2.05) is 0 Å². The summed E-state index contributed by atoms with van der Waals surface area (Å²) in [6.07, 6.45) is 0. The van der Waals surface area contributed by atoms with Crippen LogP contribution in [0.2, 0.25) is 0 Å². The lowest BCUT2D eigenvalue weighted by molar-refractivity contribution is -0.112. The molecule has 0 fully saturated rings. The Labute approximate surface area is 45.2 Å². The number of halogens is 1. The van der Waals surface area contributed by atoms with Crippen LogP contribution in [0.5, 0.6) is 0 Å². The first-order valence-corrected chi connectivity index (χ1v) is 2.29. The van der Waals surface area contributed by atoms with Crippen LogP contribution in [0.3, 0.4) is 0 Å². The highest BCUT2D eigenvalue weighted by molar-refractivity contribution is 9.12. The predicted octanol–water partition coefficient (Wildman–Crippen LogP) is 1.48. The van der Waals surface area contributed by atoms with Crippen LogP contribution in [0, 0.1) is 0 Å². The van der Waals surface area contributed by atoms with E-state index in [9.17, 15) is 4.79 Å². The topological polar surface area (TPSA) is 17.1 Å². The van der Waals surface area contributed by atoms with Crippen molar-refractivity contribution in [3.8, 4) is 0 Å². The summed E-state index contributed by atoms with van der Waals surface area (Å²) in [7, 11) is 0. The van der Waals surface area contributed by atoms with Crippen molar-refractivity contribution in [2.24, 2.45) is 0 Å². The van der Waals surface area contributed by atoms with Crippen LogP contribution < -0.4 is 0 Å². The van der Waals surface area contributed by atoms with Gasteiger partial charge in [-0.3, -0.25) is 4.79 Å². The van der Waals surface area contributed by atoms with Crippen molar-refractivity contribution in [3.05, 3.63) is 11.1 Å². The summed E-state index contributed by atoms with van der Waals surface area (Å²) in [6.45, 7) is 4.78. The molecule has 0 atom stereocenters. The van der Waals surface area contributed by atoms with Gasteiger partial charge in [-0.1, -0.05) is 6.58 Å². The van der Waals surface area contributed by atoms with Gasteiger partial charge in [0.1, 0.15) is 0 Å². The normalized spacial score (nSPS) is 7.67. The number of rotatable bonds is 1. The molecule has 2 heteroatoms. The Hall–Kier alpha value is -0.110. The maximum atomic E-state index is 10.00. The molecule has 0 spiro atoms. The van der Waals surface area contributed by atoms with Gasteiger partial charge in [-0.25, -0.2) is 0 Å². The van der Waals surface area contributed by atoms with E-state index in [1.165, 1.54) is 6.92 Å². The monoisotopic (exact) mass is 148 g/mol. The second-order valence-electron chi connectivity index (χ2n) is 0.961. The molecule has 0 bridgehead atoms. The number of hydrogen-bond donors (Lipinski definition) is 0. The molecular weight excluding hydrogens is 144 g/mol. The highest BCUT2D eigenvalue weighted by atomic mass is 79.9. The minimum absolute atomic E-state index is 0.0185. The zero-order chi connectivity index (χ0) is 5.15. The third-order valence-corrected chi connectivity index (χ3v) is 0.940. The van der Waals surface area contributed by atoms with Crippen LogP contribution >= 0.6 is 15.9 Å². The Morgan fingerprint density at radius 3 is 2.00 bits per heavy atom. The number of ketones is 1. The second kappa shape index (κ2) is 2.13. The first-order chi connectivity index (χ1) is 2.64. The first-order valence-electron chi connectivity index (χ1n) is 1.50. The molecule has 0 aliphatic rings. The van der Waals surface area contributed by atoms with E-state index in [0.29, 0.717) is 4.48 Å². The predicted molar refractivity (Wildman–Crippen MR) is 28.7 cm³/mol. The first kappa shape index (κ1) is 5.89. The van der Waals surface area contributed by atoms with Crippen LogP contribution in [0.25, 0.3) is 0 Å². The third kappa shape index (κ3) is 2.15. The van der Waals surface area contributed by atoms with Crippen molar-refractivity contribution in [2.75, 3.05) is 0 Å². The van der Waals surface area contributed by atoms with Crippen LogP contribution in [-0.4, -0.2) is 5.78 Å². The summed E-state index contributed by atoms with van der Waals surface area (Å²) in [5.74, 6) is -0.0185. The molecule has 0 heterocycles. The largest absolute Gasteiger partial charge is 0.294 e. The number of hydrogen-bond acceptors (Lipinski definition) is 1. The fourth-order valence-electron chi connectivity index (χ4n) is 0. The Balaban J connectivity index is 3.57. The highest BCUT2D eigenvalue weighted by Crippen LogP contribution is 1.98. The average Bonchev–Trinajstić information content (AvgIpc) is 1.36. The summed E-state index contributed by atoms with van der Waals surface area (Å²) < 4.78 is 0.433. The van der Waals surface area contributed by atoms with Gasteiger partial charge in [-0.2, -0.15) is 0 Å². The molecule has 0 aromatic carbocycles. The van der Waals surface area contributed by atoms with Gasteiger partial charge >= 0.3 is 0 Å². The summed E-state index contributed by atoms with van der Waals surface area (Å²) in [5.41, 5.74) is 0. The fraction of sp³-hybridized carbons (Fsp3) is 0.250. The van der Waals surface area contributed by atoms with Crippen molar-refractivity contribution in [3.63, 3.8) is 0 Å². The lowest BCUT2D eigenvalue weighted by Gasteiger charge is -1.78. The molecule has 0 rings (SSSR count). The third-order valence-electron chi connectivity index (χ3n) is 0.382. The SMILES string of the molecule is C=C(Br)C(C)=O. The minimum atomic E-state index is -0.0185. The molecule has 0 unspecified atom stereocenters. The lowest BCUT2D eigenvalue weighted by atomic mass is 10.5. The van der Waals surface area contributed by atoms with E-state index in [-0.39, 0.29) is 5.78 Å². The van der Waals surface area contributed by atoms with Gasteiger partial charge in [0.15, 0.2) is 5.78 Å². The van der Waals surface area contributed by atoms with Crippen LogP contribution in [-0.2, 0) is 4.79 Å². The van der Waals surface area contributed by atoms with Gasteiger partial charge in [-0.05, 0) is 22.9 Å². The van der Waals surface area contributed by atoms with Crippen molar-refractivity contribution in [1.82, 2.24) is 0 Å². The molecule has 0 aliphatic carbocycles. The van der Waals surface area contributed by atoms with Crippen LogP contribution in [0.15, 0.2) is 11.1 Å². The average molecular weight is 149 g/mol. The Morgan fingerprint density at radius 1 is 1.83 bits per heavy atom. The summed E-state index contributed by atoms with van der Waals surface area (Å²) >= 11 is 2.89. The highest BCUT2D eigenvalue weighted by Gasteiger charge is 1.88. The van der Waals surface area contributed by atoms with Crippen LogP contribution in [0.4, 0.5) is 0 Å². The van der Waals surface area contributed by atoms with E-state index in [0.717, 1.165) is 0 Å². The van der Waals surface area contributed by atoms with Crippen molar-refractivity contribution in [2.45, 2.75) is 6.92 Å². The number of Topliss-reactive ketones (excluding diaryl/α,β-unsaturated/α-hetero) is 1. The van der Waals surface area contributed by atoms with E-state index in [2.05, 4.69) is 22.5 Å². The zero-order valence-corrected chi connectivity index (χ0v) is 5.08. The van der Waals surface area contributed by atoms with Gasteiger partial charge < -0.3 is 0 Å². The Kier molecular flexibility index (Phi) is 2.09. The molecular formula is C4H5BrO. The summed E-state index contributed by atoms with van der Waals surface area (Å²) in [4.78, 5) is 10.00. The van der Waals surface area contributed by atoms with E-state index >= 15 is 0 Å². The number of carbonyl (C=O) groups excluding carboxylic acids is 1. The van der Waals surface area contributed by atoms with E-state index in [1.54, 1.807) is 0 Å². The van der Waals surface area contributed by atoms with E-state index in [4.69, 9.17) is 0 Å². The fourth-order valence-corrected chi connectivity index (χ4v) is 0. The molecule has 0 amide bonds. The van der Waals surface area contributed by atoms with Gasteiger partial charge in [0.2, 0.25) is 0 Å². The molecule has 0 aromatic heterocycles. The molecule has 0 saturated heterocycles. The van der Waals surface area contributed by atoms with Crippen molar-refractivity contribution in [1.29, 1.82) is 0 Å². The molecule has 0 aliphatic heterocycles. The maximum absolute atomic E-state index is 10.00. The minimum Gasteiger partial charge on any atom is -0.294 e. The number of allylic oxidation sites excluding steroid dienone is 1. The second-order valence-corrected chi connectivity index (χ2v) is 1.92. The number of carbonyl (C=O) groups is 1. The molecule has 0 N–H and O–H groups in total. The molecule has 0 saturated carbocycles. The van der Waals surface area contributed by atoms with Gasteiger partial charge in [-0.15, -0.1) is 0 Å². The van der Waals surface area contributed by atoms with Crippen molar-refractivity contribution < 1.29 is 4.79 Å². The quantitative estimate of drug-likeness (QED) is 0.516. The van der Waals surface area contributed by atoms with E-state index < -0.39 is 0 Å². The molecule has 0 radical (unpaired) electrons. The maximum Gasteiger partial charge on any atom is 0.166 e. The molecule has 0 aromatic rings. The summed E-state index contributed by atoms with van der Waals surface area (Å²) in [5, 5.41) is 0. The Morgan fingerprint density at radius 2 is 2.00 bits per heavy atom. The van der Waals surface area contributed by atoms with Crippen molar-refractivity contribution >= 4 is 21.7 Å². The zero-order valence-electron chi connectivity index (χ0n) is 3.49. The van der Waals surface area contributed by atoms with Gasteiger partial charge in [0, 0.05) is 0 Å². The molecule has 6 heavy (non-hydrogen) atoms. The van der Waals surface area contributed by atoms with Gasteiger partial charge in [0.25, 0.3) is 0 Å².